The normalized spacial score (nSPS) is 15.0. The summed E-state index contributed by atoms with van der Waals surface area (Å²) in [5, 5.41) is 13.7. The highest BCUT2D eigenvalue weighted by Gasteiger charge is 2.23. The van der Waals surface area contributed by atoms with Gasteiger partial charge in [-0.1, -0.05) is 134 Å². The molecule has 0 saturated heterocycles. The summed E-state index contributed by atoms with van der Waals surface area (Å²) >= 11 is 0. The minimum absolute atomic E-state index is 0.00827. The van der Waals surface area contributed by atoms with Gasteiger partial charge < -0.3 is 28.8 Å². The summed E-state index contributed by atoms with van der Waals surface area (Å²) in [6, 6.07) is -0.903. The molecule has 8 nitrogen and oxygen atoms in total. The Morgan fingerprint density at radius 3 is 1.67 bits per heavy atom. The van der Waals surface area contributed by atoms with Gasteiger partial charge in [0.25, 0.3) is 7.82 Å². The second-order valence-corrected chi connectivity index (χ2v) is 16.0. The highest BCUT2D eigenvalue weighted by atomic mass is 31.2. The maximum Gasteiger partial charge on any atom is 0.268 e. The Balaban J connectivity index is 4.59. The Kier molecular flexibility index (Phi) is 31.8. The second kappa shape index (κ2) is 32.6. The van der Waals surface area contributed by atoms with Crippen molar-refractivity contribution >= 4 is 13.7 Å². The highest BCUT2D eigenvalue weighted by molar-refractivity contribution is 7.45. The number of nitrogens with zero attached hydrogens (tertiary/aromatic N) is 1. The van der Waals surface area contributed by atoms with Crippen LogP contribution in [0.25, 0.3) is 0 Å². The van der Waals surface area contributed by atoms with Crippen LogP contribution in [0, 0.1) is 0 Å². The second-order valence-electron chi connectivity index (χ2n) is 14.6. The Morgan fingerprint density at radius 2 is 1.14 bits per heavy atom. The van der Waals surface area contributed by atoms with Gasteiger partial charge in [0.2, 0.25) is 5.91 Å². The first-order valence-electron chi connectivity index (χ1n) is 19.9. The van der Waals surface area contributed by atoms with E-state index < -0.39 is 26.6 Å². The van der Waals surface area contributed by atoms with Crippen molar-refractivity contribution in [2.45, 2.75) is 174 Å². The van der Waals surface area contributed by atoms with Crippen LogP contribution in [0.3, 0.4) is 0 Å². The van der Waals surface area contributed by atoms with E-state index in [2.05, 4.69) is 43.5 Å². The van der Waals surface area contributed by atoms with Crippen molar-refractivity contribution in [1.29, 1.82) is 0 Å². The molecule has 0 heterocycles. The van der Waals surface area contributed by atoms with Crippen molar-refractivity contribution in [3.8, 4) is 0 Å². The molecule has 0 rings (SSSR count). The predicted molar refractivity (Wildman–Crippen MR) is 205 cm³/mol. The number of aliphatic hydroxyl groups is 1. The van der Waals surface area contributed by atoms with Crippen LogP contribution in [0.5, 0.6) is 0 Å². The molecule has 3 atom stereocenters. The molecule has 0 spiro atoms. The zero-order valence-corrected chi connectivity index (χ0v) is 33.3. The van der Waals surface area contributed by atoms with Gasteiger partial charge in [-0.05, 0) is 57.8 Å². The lowest BCUT2D eigenvalue weighted by atomic mass is 10.1. The fourth-order valence-corrected chi connectivity index (χ4v) is 6.06. The molecule has 1 amide bonds. The van der Waals surface area contributed by atoms with Gasteiger partial charge >= 0.3 is 0 Å². The molecule has 0 aliphatic carbocycles. The lowest BCUT2D eigenvalue weighted by molar-refractivity contribution is -0.870. The largest absolute Gasteiger partial charge is 0.756 e. The highest BCUT2D eigenvalue weighted by Crippen LogP contribution is 2.38. The molecular weight excluding hydrogens is 635 g/mol. The smallest absolute Gasteiger partial charge is 0.268 e. The predicted octanol–water partition coefficient (Wildman–Crippen LogP) is 9.72. The molecule has 49 heavy (non-hydrogen) atoms. The van der Waals surface area contributed by atoms with Gasteiger partial charge in [-0.15, -0.1) is 0 Å². The SMILES string of the molecule is CCCCCC/C=C\CCCCCCCC(=O)NC(COP(=O)([O-])OCC[N+](C)(C)C)C(O)/C=C/CC/C=C/CCCCCCCCCC. The molecule has 288 valence electrons. The maximum atomic E-state index is 12.8. The molecule has 9 heteroatoms. The Labute approximate surface area is 302 Å². The number of carbonyl (C=O) groups is 1. The van der Waals surface area contributed by atoms with Crippen LogP contribution in [0.15, 0.2) is 36.5 Å². The number of quaternary nitrogens is 1. The first-order chi connectivity index (χ1) is 23.5. The minimum Gasteiger partial charge on any atom is -0.756 e. The van der Waals surface area contributed by atoms with E-state index >= 15 is 0 Å². The van der Waals surface area contributed by atoms with Gasteiger partial charge in [-0.3, -0.25) is 9.36 Å². The number of carbonyl (C=O) groups excluding carboxylic acids is 1. The third kappa shape index (κ3) is 34.9. The number of phosphoric acid groups is 1. The Morgan fingerprint density at radius 1 is 0.694 bits per heavy atom. The summed E-state index contributed by atoms with van der Waals surface area (Å²) in [6.07, 6.45) is 37.6. The summed E-state index contributed by atoms with van der Waals surface area (Å²) < 4.78 is 23.1. The Hall–Kier alpha value is -1.28. The van der Waals surface area contributed by atoms with Crippen LogP contribution < -0.4 is 10.2 Å². The molecular formula is C40H77N2O6P. The molecule has 0 fully saturated rings. The van der Waals surface area contributed by atoms with Crippen LogP contribution in [0.2, 0.25) is 0 Å². The van der Waals surface area contributed by atoms with E-state index in [1.165, 1.54) is 83.5 Å². The molecule has 0 saturated carbocycles. The monoisotopic (exact) mass is 713 g/mol. The molecule has 2 N–H and O–H groups in total. The van der Waals surface area contributed by atoms with E-state index in [9.17, 15) is 19.4 Å². The fraction of sp³-hybridized carbons (Fsp3) is 0.825. The number of hydrogen-bond donors (Lipinski definition) is 2. The lowest BCUT2D eigenvalue weighted by Crippen LogP contribution is -2.45. The van der Waals surface area contributed by atoms with E-state index in [1.54, 1.807) is 6.08 Å². The van der Waals surface area contributed by atoms with E-state index in [0.29, 0.717) is 17.4 Å². The van der Waals surface area contributed by atoms with E-state index in [1.807, 2.05) is 27.2 Å². The van der Waals surface area contributed by atoms with E-state index in [-0.39, 0.29) is 12.5 Å². The zero-order chi connectivity index (χ0) is 36.5. The standard InChI is InChI=1S/C40H77N2O6P/c1-6-8-10-12-14-16-18-20-22-23-25-27-29-31-33-39(43)38(37-48-49(45,46)47-36-35-42(3,4)5)41-40(44)34-32-30-28-26-24-21-19-17-15-13-11-9-7-2/h17,19,23,25,31,33,38-39,43H,6-16,18,20-22,24,26-30,32,34-37H2,1-5H3,(H-,41,44,45,46)/b19-17-,25-23+,33-31+. The van der Waals surface area contributed by atoms with Crippen molar-refractivity contribution in [2.24, 2.45) is 0 Å². The van der Waals surface area contributed by atoms with Gasteiger partial charge in [0.05, 0.1) is 39.9 Å². The average Bonchev–Trinajstić information content (AvgIpc) is 3.04. The molecule has 0 radical (unpaired) electrons. The van der Waals surface area contributed by atoms with Crippen LogP contribution in [-0.2, 0) is 18.4 Å². The molecule has 0 aromatic heterocycles. The molecule has 0 aliphatic heterocycles. The number of likely N-dealkylation sites (N-methyl/N-ethyl adjacent to an activating group) is 1. The summed E-state index contributed by atoms with van der Waals surface area (Å²) in [7, 11) is 1.23. The summed E-state index contributed by atoms with van der Waals surface area (Å²) in [5.74, 6) is -0.220. The van der Waals surface area contributed by atoms with E-state index in [4.69, 9.17) is 9.05 Å². The molecule has 3 unspecified atom stereocenters. The first-order valence-corrected chi connectivity index (χ1v) is 21.3. The van der Waals surface area contributed by atoms with Gasteiger partial charge in [0.15, 0.2) is 0 Å². The van der Waals surface area contributed by atoms with Gasteiger partial charge in [0, 0.05) is 6.42 Å². The van der Waals surface area contributed by atoms with Crippen molar-refractivity contribution < 1.29 is 32.9 Å². The third-order valence-corrected chi connectivity index (χ3v) is 9.54. The van der Waals surface area contributed by atoms with Crippen LogP contribution in [0.4, 0.5) is 0 Å². The van der Waals surface area contributed by atoms with Crippen LogP contribution in [-0.4, -0.2) is 68.5 Å². The number of allylic oxidation sites excluding steroid dienone is 5. The maximum absolute atomic E-state index is 12.8. The van der Waals surface area contributed by atoms with Crippen molar-refractivity contribution in [2.75, 3.05) is 40.9 Å². The number of amides is 1. The molecule has 0 aliphatic rings. The molecule has 0 bridgehead atoms. The Bertz CT molecular complexity index is 902. The fourth-order valence-electron chi connectivity index (χ4n) is 5.34. The van der Waals surface area contributed by atoms with Gasteiger partial charge in [0.1, 0.15) is 13.2 Å². The number of unbranched alkanes of at least 4 members (excludes halogenated alkanes) is 18. The zero-order valence-electron chi connectivity index (χ0n) is 32.4. The number of aliphatic hydroxyl groups excluding tert-OH is 1. The number of rotatable bonds is 35. The topological polar surface area (TPSA) is 108 Å². The third-order valence-electron chi connectivity index (χ3n) is 8.57. The number of phosphoric ester groups is 1. The van der Waals surface area contributed by atoms with E-state index in [0.717, 1.165) is 57.8 Å². The summed E-state index contributed by atoms with van der Waals surface area (Å²) in [5.41, 5.74) is 0. The van der Waals surface area contributed by atoms with Gasteiger partial charge in [-0.25, -0.2) is 0 Å². The van der Waals surface area contributed by atoms with Gasteiger partial charge in [-0.2, -0.15) is 0 Å². The van der Waals surface area contributed by atoms with Crippen molar-refractivity contribution in [1.82, 2.24) is 5.32 Å². The molecule has 0 aromatic rings. The van der Waals surface area contributed by atoms with Crippen LogP contribution in [0.1, 0.15) is 162 Å². The molecule has 0 aromatic carbocycles. The van der Waals surface area contributed by atoms with Crippen molar-refractivity contribution in [3.05, 3.63) is 36.5 Å². The van der Waals surface area contributed by atoms with Crippen molar-refractivity contribution in [3.63, 3.8) is 0 Å². The minimum atomic E-state index is -4.59. The lowest BCUT2D eigenvalue weighted by Gasteiger charge is -2.29. The number of nitrogens with one attached hydrogen (secondary N) is 1. The quantitative estimate of drug-likeness (QED) is 0.0293. The van der Waals surface area contributed by atoms with Crippen LogP contribution >= 0.6 is 7.82 Å². The summed E-state index contributed by atoms with van der Waals surface area (Å²) in [4.78, 5) is 25.2. The average molecular weight is 713 g/mol. The number of hydrogen-bond acceptors (Lipinski definition) is 6. The summed E-state index contributed by atoms with van der Waals surface area (Å²) in [6.45, 7) is 4.57. The first kappa shape index (κ1) is 47.7.